The van der Waals surface area contributed by atoms with Gasteiger partial charge in [0.25, 0.3) is 0 Å². The molecule has 3 N–H and O–H groups in total. The predicted molar refractivity (Wildman–Crippen MR) is 127 cm³/mol. The molecule has 0 unspecified atom stereocenters. The molecule has 0 aromatic heterocycles. The zero-order valence-corrected chi connectivity index (χ0v) is 20.1. The van der Waals surface area contributed by atoms with Gasteiger partial charge in [0.1, 0.15) is 24.4 Å². The highest BCUT2D eigenvalue weighted by Gasteiger charge is 2.40. The van der Waals surface area contributed by atoms with Gasteiger partial charge in [0.2, 0.25) is 0 Å². The van der Waals surface area contributed by atoms with Crippen LogP contribution in [0.2, 0.25) is 0 Å². The number of ether oxygens (including phenoxy) is 2. The zero-order chi connectivity index (χ0) is 22.6. The van der Waals surface area contributed by atoms with Gasteiger partial charge in [-0.25, -0.2) is 0 Å². The Morgan fingerprint density at radius 3 is 1.81 bits per heavy atom. The molecule has 5 nitrogen and oxygen atoms in total. The summed E-state index contributed by atoms with van der Waals surface area (Å²) in [5.41, 5.74) is 0. The Bertz CT molecular complexity index is 415. The van der Waals surface area contributed by atoms with E-state index in [9.17, 15) is 15.3 Å². The lowest BCUT2D eigenvalue weighted by Gasteiger charge is -2.24. The maximum absolute atomic E-state index is 9.84. The number of aliphatic hydroxyl groups excluding tert-OH is 3. The van der Waals surface area contributed by atoms with Gasteiger partial charge in [-0.2, -0.15) is 0 Å². The van der Waals surface area contributed by atoms with Crippen molar-refractivity contribution in [2.45, 2.75) is 134 Å². The molecular weight excluding hydrogens is 392 g/mol. The van der Waals surface area contributed by atoms with Crippen LogP contribution in [0.3, 0.4) is 0 Å². The molecule has 0 saturated carbocycles. The smallest absolute Gasteiger partial charge is 0.114 e. The Hall–Kier alpha value is -0.460. The largest absolute Gasteiger partial charge is 0.394 e. The molecule has 184 valence electrons. The van der Waals surface area contributed by atoms with Gasteiger partial charge in [-0.1, -0.05) is 89.7 Å². The molecule has 0 aromatic rings. The molecule has 1 saturated heterocycles. The van der Waals surface area contributed by atoms with Crippen molar-refractivity contribution >= 4 is 0 Å². The first kappa shape index (κ1) is 28.6. The molecule has 4 atom stereocenters. The Balaban J connectivity index is 1.83. The van der Waals surface area contributed by atoms with Gasteiger partial charge in [0.15, 0.2) is 0 Å². The third kappa shape index (κ3) is 14.3. The topological polar surface area (TPSA) is 79.2 Å². The molecule has 0 aliphatic carbocycles. The minimum atomic E-state index is -0.984. The number of hydrogen-bond donors (Lipinski definition) is 3. The van der Waals surface area contributed by atoms with Crippen LogP contribution in [-0.4, -0.2) is 59.6 Å². The van der Waals surface area contributed by atoms with E-state index in [1.165, 1.54) is 77.0 Å². The maximum atomic E-state index is 9.84. The molecule has 1 aliphatic rings. The van der Waals surface area contributed by atoms with Gasteiger partial charge < -0.3 is 24.8 Å². The van der Waals surface area contributed by atoms with Crippen molar-refractivity contribution in [1.82, 2.24) is 0 Å². The second kappa shape index (κ2) is 20.2. The van der Waals surface area contributed by atoms with Crippen molar-refractivity contribution in [2.24, 2.45) is 0 Å². The Kier molecular flexibility index (Phi) is 18.6. The van der Waals surface area contributed by atoms with Crippen molar-refractivity contribution in [3.63, 3.8) is 0 Å². The highest BCUT2D eigenvalue weighted by molar-refractivity contribution is 4.88. The van der Waals surface area contributed by atoms with Crippen LogP contribution in [0, 0.1) is 0 Å². The molecule has 1 aliphatic heterocycles. The van der Waals surface area contributed by atoms with Gasteiger partial charge in [-0.05, 0) is 32.1 Å². The fraction of sp³-hybridized carbons (Fsp3) is 0.923. The van der Waals surface area contributed by atoms with Crippen LogP contribution in [0.4, 0.5) is 0 Å². The Morgan fingerprint density at radius 1 is 0.806 bits per heavy atom. The molecule has 0 bridgehead atoms. The van der Waals surface area contributed by atoms with Crippen LogP contribution in [0.1, 0.15) is 110 Å². The molecule has 0 radical (unpaired) electrons. The quantitative estimate of drug-likeness (QED) is 0.166. The summed E-state index contributed by atoms with van der Waals surface area (Å²) in [7, 11) is 0. The summed E-state index contributed by atoms with van der Waals surface area (Å²) in [5.74, 6) is 0. The van der Waals surface area contributed by atoms with Crippen molar-refractivity contribution in [3.8, 4) is 0 Å². The highest BCUT2D eigenvalue weighted by atomic mass is 16.6. The molecule has 1 fully saturated rings. The molecule has 31 heavy (non-hydrogen) atoms. The molecule has 1 rings (SSSR count). The van der Waals surface area contributed by atoms with Crippen LogP contribution in [-0.2, 0) is 9.47 Å². The SMILES string of the molecule is CCCCCCCCCCCCC/C=C/CCCCCO[C@@H](CO)[C@H]1OC[C@@H](O)[C@H]1O. The lowest BCUT2D eigenvalue weighted by molar-refractivity contribution is -0.101. The minimum absolute atomic E-state index is 0.0945. The summed E-state index contributed by atoms with van der Waals surface area (Å²) in [6, 6.07) is 0. The molecule has 0 amide bonds. The first-order valence-electron chi connectivity index (χ1n) is 13.1. The van der Waals surface area contributed by atoms with E-state index in [-0.39, 0.29) is 13.2 Å². The van der Waals surface area contributed by atoms with E-state index in [1.807, 2.05) is 0 Å². The number of hydrogen-bond acceptors (Lipinski definition) is 5. The minimum Gasteiger partial charge on any atom is -0.394 e. The zero-order valence-electron chi connectivity index (χ0n) is 20.1. The lowest BCUT2D eigenvalue weighted by Crippen LogP contribution is -2.42. The standard InChI is InChI=1S/C26H50O5/c1-2-3-4-5-6-7-8-9-10-11-12-13-14-15-16-17-18-19-20-30-24(21-27)26-25(29)23(28)22-31-26/h14-15,23-29H,2-13,16-22H2,1H3/b15-14+/t23-,24+,25-,26-/m1/s1. The van der Waals surface area contributed by atoms with E-state index >= 15 is 0 Å². The monoisotopic (exact) mass is 442 g/mol. The second-order valence-corrected chi connectivity index (χ2v) is 9.09. The number of unbranched alkanes of at least 4 members (excludes halogenated alkanes) is 14. The average molecular weight is 443 g/mol. The predicted octanol–water partition coefficient (Wildman–Crippen LogP) is 5.30. The first-order chi connectivity index (χ1) is 15.2. The average Bonchev–Trinajstić information content (AvgIpc) is 3.11. The van der Waals surface area contributed by atoms with Gasteiger partial charge in [0.05, 0.1) is 13.2 Å². The third-order valence-electron chi connectivity index (χ3n) is 6.22. The third-order valence-corrected chi connectivity index (χ3v) is 6.22. The van der Waals surface area contributed by atoms with Crippen molar-refractivity contribution in [1.29, 1.82) is 0 Å². The van der Waals surface area contributed by atoms with Crippen molar-refractivity contribution in [2.75, 3.05) is 19.8 Å². The maximum Gasteiger partial charge on any atom is 0.114 e. The second-order valence-electron chi connectivity index (χ2n) is 9.09. The molecular formula is C26H50O5. The van der Waals surface area contributed by atoms with E-state index in [2.05, 4.69) is 19.1 Å². The summed E-state index contributed by atoms with van der Waals surface area (Å²) in [6.45, 7) is 2.70. The van der Waals surface area contributed by atoms with Crippen LogP contribution >= 0.6 is 0 Å². The number of rotatable bonds is 21. The Labute approximate surface area is 191 Å². The summed E-state index contributed by atoms with van der Waals surface area (Å²) in [6.07, 6.45) is 22.3. The lowest BCUT2D eigenvalue weighted by atomic mass is 10.1. The van der Waals surface area contributed by atoms with Crippen LogP contribution < -0.4 is 0 Å². The van der Waals surface area contributed by atoms with E-state index in [4.69, 9.17) is 9.47 Å². The van der Waals surface area contributed by atoms with Crippen LogP contribution in [0.25, 0.3) is 0 Å². The fourth-order valence-corrected chi connectivity index (χ4v) is 4.14. The van der Waals surface area contributed by atoms with Gasteiger partial charge in [0, 0.05) is 6.61 Å². The molecule has 5 heteroatoms. The Morgan fingerprint density at radius 2 is 1.32 bits per heavy atom. The van der Waals surface area contributed by atoms with E-state index < -0.39 is 24.4 Å². The highest BCUT2D eigenvalue weighted by Crippen LogP contribution is 2.20. The van der Waals surface area contributed by atoms with Gasteiger partial charge >= 0.3 is 0 Å². The molecule has 0 aromatic carbocycles. The van der Waals surface area contributed by atoms with E-state index in [0.29, 0.717) is 6.61 Å². The number of aliphatic hydroxyl groups is 3. The molecule has 0 spiro atoms. The van der Waals surface area contributed by atoms with E-state index in [1.54, 1.807) is 0 Å². The van der Waals surface area contributed by atoms with Gasteiger partial charge in [-0.15, -0.1) is 0 Å². The first-order valence-corrected chi connectivity index (χ1v) is 13.1. The summed E-state index contributed by atoms with van der Waals surface area (Å²) >= 11 is 0. The van der Waals surface area contributed by atoms with Crippen molar-refractivity contribution < 1.29 is 24.8 Å². The summed E-state index contributed by atoms with van der Waals surface area (Å²) in [5, 5.41) is 28.8. The van der Waals surface area contributed by atoms with Gasteiger partial charge in [-0.3, -0.25) is 0 Å². The van der Waals surface area contributed by atoms with Crippen molar-refractivity contribution in [3.05, 3.63) is 12.2 Å². The summed E-state index contributed by atoms with van der Waals surface area (Å²) < 4.78 is 11.0. The summed E-state index contributed by atoms with van der Waals surface area (Å²) in [4.78, 5) is 0. The number of allylic oxidation sites excluding steroid dienone is 2. The normalized spacial score (nSPS) is 22.5. The molecule has 1 heterocycles. The van der Waals surface area contributed by atoms with Crippen LogP contribution in [0.15, 0.2) is 12.2 Å². The fourth-order valence-electron chi connectivity index (χ4n) is 4.14. The van der Waals surface area contributed by atoms with Crippen LogP contribution in [0.5, 0.6) is 0 Å². The van der Waals surface area contributed by atoms with E-state index in [0.717, 1.165) is 25.7 Å².